The highest BCUT2D eigenvalue weighted by atomic mass is 32.2. The van der Waals surface area contributed by atoms with E-state index in [9.17, 15) is 4.79 Å². The number of nitrogen functional groups attached to an aromatic ring is 1. The van der Waals surface area contributed by atoms with Crippen molar-refractivity contribution in [1.29, 1.82) is 0 Å². The summed E-state index contributed by atoms with van der Waals surface area (Å²) < 4.78 is 0. The van der Waals surface area contributed by atoms with Crippen LogP contribution in [-0.4, -0.2) is 16.6 Å². The summed E-state index contributed by atoms with van der Waals surface area (Å²) in [6, 6.07) is 1.58. The number of pyridine rings is 1. The summed E-state index contributed by atoms with van der Waals surface area (Å²) >= 11 is 1.54. The molecule has 4 nitrogen and oxygen atoms in total. The Morgan fingerprint density at radius 2 is 2.25 bits per heavy atom. The Labute approximate surface area is 99.8 Å². The molecule has 0 bridgehead atoms. The molecule has 0 aliphatic heterocycles. The summed E-state index contributed by atoms with van der Waals surface area (Å²) in [5.74, 6) is 1.08. The molecule has 0 aliphatic carbocycles. The number of primary amides is 1. The van der Waals surface area contributed by atoms with E-state index in [1.807, 2.05) is 0 Å². The first-order chi connectivity index (χ1) is 7.50. The van der Waals surface area contributed by atoms with Crippen LogP contribution < -0.4 is 11.5 Å². The number of amides is 1. The molecular formula is C11H17N3OS. The fourth-order valence-corrected chi connectivity index (χ4v) is 2.38. The van der Waals surface area contributed by atoms with Crippen molar-refractivity contribution in [3.8, 4) is 0 Å². The number of hydrogen-bond acceptors (Lipinski definition) is 4. The van der Waals surface area contributed by atoms with Gasteiger partial charge in [0.2, 0.25) is 0 Å². The molecule has 0 saturated carbocycles. The molecule has 0 spiro atoms. The van der Waals surface area contributed by atoms with Crippen molar-refractivity contribution in [2.24, 2.45) is 11.7 Å². The minimum Gasteiger partial charge on any atom is -0.397 e. The summed E-state index contributed by atoms with van der Waals surface area (Å²) in [5, 5.41) is 0.669. The number of rotatable bonds is 5. The second-order valence-corrected chi connectivity index (χ2v) is 5.10. The third kappa shape index (κ3) is 3.73. The van der Waals surface area contributed by atoms with Gasteiger partial charge in [0.05, 0.1) is 17.4 Å². The molecule has 88 valence electrons. The van der Waals surface area contributed by atoms with E-state index in [1.165, 1.54) is 0 Å². The molecule has 1 heterocycles. The summed E-state index contributed by atoms with van der Waals surface area (Å²) in [4.78, 5) is 15.3. The molecule has 0 aromatic carbocycles. The van der Waals surface area contributed by atoms with Crippen LogP contribution in [0.3, 0.4) is 0 Å². The van der Waals surface area contributed by atoms with Gasteiger partial charge in [0.15, 0.2) is 0 Å². The zero-order valence-electron chi connectivity index (χ0n) is 9.56. The molecule has 0 radical (unpaired) electrons. The highest BCUT2D eigenvalue weighted by Crippen LogP contribution is 2.23. The van der Waals surface area contributed by atoms with Crippen LogP contribution in [-0.2, 0) is 0 Å². The molecule has 1 amide bonds. The van der Waals surface area contributed by atoms with Crippen molar-refractivity contribution in [3.63, 3.8) is 0 Å². The van der Waals surface area contributed by atoms with Gasteiger partial charge in [-0.1, -0.05) is 13.8 Å². The number of aromatic nitrogens is 1. The summed E-state index contributed by atoms with van der Waals surface area (Å²) in [5.41, 5.74) is 11.7. The first kappa shape index (κ1) is 12.8. The van der Waals surface area contributed by atoms with Crippen molar-refractivity contribution < 1.29 is 4.79 Å². The molecule has 5 heteroatoms. The predicted molar refractivity (Wildman–Crippen MR) is 67.3 cm³/mol. The highest BCUT2D eigenvalue weighted by molar-refractivity contribution is 7.99. The topological polar surface area (TPSA) is 82.0 Å². The van der Waals surface area contributed by atoms with Gasteiger partial charge in [-0.15, -0.1) is 11.8 Å². The quantitative estimate of drug-likeness (QED) is 0.769. The van der Waals surface area contributed by atoms with Gasteiger partial charge < -0.3 is 11.5 Å². The Kier molecular flexibility index (Phi) is 4.61. The normalized spacial score (nSPS) is 10.7. The van der Waals surface area contributed by atoms with Gasteiger partial charge in [0.1, 0.15) is 5.03 Å². The average molecular weight is 239 g/mol. The lowest BCUT2D eigenvalue weighted by atomic mass is 10.2. The van der Waals surface area contributed by atoms with E-state index < -0.39 is 5.91 Å². The Balaban J connectivity index is 2.75. The lowest BCUT2D eigenvalue weighted by Gasteiger charge is -2.07. The number of hydrogen-bond donors (Lipinski definition) is 2. The van der Waals surface area contributed by atoms with E-state index in [4.69, 9.17) is 11.5 Å². The molecule has 0 atom stereocenters. The molecule has 0 fully saturated rings. The zero-order valence-corrected chi connectivity index (χ0v) is 10.4. The SMILES string of the molecule is CC(C)CCSc1ncc(N)cc1C(N)=O. The van der Waals surface area contributed by atoms with Crippen LogP contribution in [0.4, 0.5) is 5.69 Å². The van der Waals surface area contributed by atoms with E-state index in [0.717, 1.165) is 12.2 Å². The van der Waals surface area contributed by atoms with Crippen molar-refractivity contribution in [1.82, 2.24) is 4.98 Å². The summed E-state index contributed by atoms with van der Waals surface area (Å²) in [7, 11) is 0. The Bertz CT molecular complexity index is 379. The molecule has 4 N–H and O–H groups in total. The van der Waals surface area contributed by atoms with Crippen molar-refractivity contribution in [2.45, 2.75) is 25.3 Å². The number of anilines is 1. The van der Waals surface area contributed by atoms with Gasteiger partial charge in [-0.2, -0.15) is 0 Å². The minimum absolute atomic E-state index is 0.411. The van der Waals surface area contributed by atoms with Crippen LogP contribution in [0.25, 0.3) is 0 Å². The number of carbonyl (C=O) groups excluding carboxylic acids is 1. The zero-order chi connectivity index (χ0) is 12.1. The molecular weight excluding hydrogens is 222 g/mol. The van der Waals surface area contributed by atoms with E-state index in [1.54, 1.807) is 24.0 Å². The van der Waals surface area contributed by atoms with Gasteiger partial charge in [0, 0.05) is 0 Å². The van der Waals surface area contributed by atoms with E-state index in [2.05, 4.69) is 18.8 Å². The Morgan fingerprint density at radius 1 is 1.56 bits per heavy atom. The average Bonchev–Trinajstić information content (AvgIpc) is 2.19. The van der Waals surface area contributed by atoms with Crippen LogP contribution in [0.2, 0.25) is 0 Å². The number of nitrogens with two attached hydrogens (primary N) is 2. The van der Waals surface area contributed by atoms with Crippen molar-refractivity contribution in [2.75, 3.05) is 11.5 Å². The number of carbonyl (C=O) groups is 1. The fourth-order valence-electron chi connectivity index (χ4n) is 1.15. The standard InChI is InChI=1S/C11H17N3OS/c1-7(2)3-4-16-11-9(10(13)15)5-8(12)6-14-11/h5-7H,3-4,12H2,1-2H3,(H2,13,15). The second-order valence-electron chi connectivity index (χ2n) is 4.02. The van der Waals surface area contributed by atoms with Crippen molar-refractivity contribution >= 4 is 23.4 Å². The molecule has 0 saturated heterocycles. The molecule has 0 unspecified atom stereocenters. The predicted octanol–water partition coefficient (Wildman–Crippen LogP) is 1.90. The smallest absolute Gasteiger partial charge is 0.251 e. The molecule has 16 heavy (non-hydrogen) atoms. The van der Waals surface area contributed by atoms with E-state index in [0.29, 0.717) is 22.2 Å². The van der Waals surface area contributed by atoms with Gasteiger partial charge in [-0.25, -0.2) is 4.98 Å². The van der Waals surface area contributed by atoms with Crippen LogP contribution in [0.5, 0.6) is 0 Å². The maximum Gasteiger partial charge on any atom is 0.251 e. The highest BCUT2D eigenvalue weighted by Gasteiger charge is 2.10. The first-order valence-corrected chi connectivity index (χ1v) is 6.17. The van der Waals surface area contributed by atoms with E-state index >= 15 is 0 Å². The van der Waals surface area contributed by atoms with Gasteiger partial charge in [0.25, 0.3) is 5.91 Å². The lowest BCUT2D eigenvalue weighted by molar-refractivity contribution is 0.0997. The Hall–Kier alpha value is -1.23. The molecule has 1 aromatic rings. The van der Waals surface area contributed by atoms with Gasteiger partial charge in [-0.3, -0.25) is 4.79 Å². The number of thioether (sulfide) groups is 1. The van der Waals surface area contributed by atoms with Crippen LogP contribution in [0.1, 0.15) is 30.6 Å². The maximum absolute atomic E-state index is 11.2. The van der Waals surface area contributed by atoms with Crippen LogP contribution in [0.15, 0.2) is 17.3 Å². The number of nitrogens with zero attached hydrogens (tertiary/aromatic N) is 1. The first-order valence-electron chi connectivity index (χ1n) is 5.19. The molecule has 1 rings (SSSR count). The third-order valence-electron chi connectivity index (χ3n) is 2.07. The largest absolute Gasteiger partial charge is 0.397 e. The van der Waals surface area contributed by atoms with Gasteiger partial charge in [-0.05, 0) is 24.2 Å². The van der Waals surface area contributed by atoms with E-state index in [-0.39, 0.29) is 0 Å². The monoisotopic (exact) mass is 239 g/mol. The summed E-state index contributed by atoms with van der Waals surface area (Å²) in [6.45, 7) is 4.32. The Morgan fingerprint density at radius 3 is 2.81 bits per heavy atom. The fraction of sp³-hybridized carbons (Fsp3) is 0.455. The minimum atomic E-state index is -0.480. The molecule has 0 aliphatic rings. The van der Waals surface area contributed by atoms with Crippen molar-refractivity contribution in [3.05, 3.63) is 17.8 Å². The second kappa shape index (κ2) is 5.75. The maximum atomic E-state index is 11.2. The molecule has 1 aromatic heterocycles. The third-order valence-corrected chi connectivity index (χ3v) is 3.11. The summed E-state index contributed by atoms with van der Waals surface area (Å²) in [6.07, 6.45) is 2.62. The van der Waals surface area contributed by atoms with Crippen LogP contribution in [0, 0.1) is 5.92 Å². The van der Waals surface area contributed by atoms with Crippen LogP contribution >= 0.6 is 11.8 Å². The van der Waals surface area contributed by atoms with Gasteiger partial charge >= 0.3 is 0 Å². The lowest BCUT2D eigenvalue weighted by Crippen LogP contribution is -2.13.